The molecule has 1 fully saturated rings. The van der Waals surface area contributed by atoms with E-state index in [4.69, 9.17) is 12.2 Å². The Morgan fingerprint density at radius 3 is 2.82 bits per heavy atom. The summed E-state index contributed by atoms with van der Waals surface area (Å²) in [7, 11) is 0. The highest BCUT2D eigenvalue weighted by molar-refractivity contribution is 9.10. The molecule has 0 spiro atoms. The quantitative estimate of drug-likeness (QED) is 0.638. The van der Waals surface area contributed by atoms with E-state index in [2.05, 4.69) is 21.9 Å². The van der Waals surface area contributed by atoms with Crippen LogP contribution < -0.4 is 10.6 Å². The highest BCUT2D eigenvalue weighted by Gasteiger charge is 2.31. The van der Waals surface area contributed by atoms with Gasteiger partial charge in [0, 0.05) is 23.4 Å². The van der Waals surface area contributed by atoms with Crippen LogP contribution in [0, 0.1) is 24.1 Å². The Morgan fingerprint density at radius 2 is 2.29 bits per heavy atom. The SMILES string of the molecule is C#CC1CC(=O)N(c2c(N)cc(F)cc2Br)C1. The van der Waals surface area contributed by atoms with E-state index >= 15 is 0 Å². The van der Waals surface area contributed by atoms with Crippen molar-refractivity contribution in [3.05, 3.63) is 22.4 Å². The molecule has 1 aliphatic rings. The lowest BCUT2D eigenvalue weighted by atomic mass is 10.1. The topological polar surface area (TPSA) is 46.3 Å². The Balaban J connectivity index is 2.42. The first-order valence-corrected chi connectivity index (χ1v) is 5.83. The molecular formula is C12H10BrFN2O. The molecule has 1 atom stereocenters. The summed E-state index contributed by atoms with van der Waals surface area (Å²) in [6.07, 6.45) is 5.61. The molecule has 2 rings (SSSR count). The molecule has 1 aliphatic heterocycles. The highest BCUT2D eigenvalue weighted by atomic mass is 79.9. The third kappa shape index (κ3) is 2.13. The lowest BCUT2D eigenvalue weighted by Crippen LogP contribution is -2.25. The molecule has 1 aromatic carbocycles. The summed E-state index contributed by atoms with van der Waals surface area (Å²) in [4.78, 5) is 13.3. The summed E-state index contributed by atoms with van der Waals surface area (Å²) < 4.78 is 13.5. The first-order chi connectivity index (χ1) is 8.02. The van der Waals surface area contributed by atoms with Crippen LogP contribution in [-0.4, -0.2) is 12.5 Å². The molecule has 0 aliphatic carbocycles. The van der Waals surface area contributed by atoms with Gasteiger partial charge in [0.25, 0.3) is 0 Å². The van der Waals surface area contributed by atoms with Crippen molar-refractivity contribution < 1.29 is 9.18 Å². The molecule has 0 aromatic heterocycles. The Hall–Kier alpha value is -1.54. The van der Waals surface area contributed by atoms with Gasteiger partial charge in [-0.2, -0.15) is 0 Å². The van der Waals surface area contributed by atoms with E-state index in [0.717, 1.165) is 0 Å². The Labute approximate surface area is 107 Å². The van der Waals surface area contributed by atoms with Crippen molar-refractivity contribution in [1.29, 1.82) is 0 Å². The average molecular weight is 297 g/mol. The molecule has 0 radical (unpaired) electrons. The van der Waals surface area contributed by atoms with Crippen molar-refractivity contribution in [2.45, 2.75) is 6.42 Å². The van der Waals surface area contributed by atoms with Crippen LogP contribution in [0.2, 0.25) is 0 Å². The molecule has 2 N–H and O–H groups in total. The number of nitrogens with zero attached hydrogens (tertiary/aromatic N) is 1. The third-order valence-electron chi connectivity index (χ3n) is 2.69. The fourth-order valence-corrected chi connectivity index (χ4v) is 2.57. The molecule has 88 valence electrons. The lowest BCUT2D eigenvalue weighted by Gasteiger charge is -2.19. The second kappa shape index (κ2) is 4.38. The molecule has 5 heteroatoms. The second-order valence-electron chi connectivity index (χ2n) is 3.90. The zero-order chi connectivity index (χ0) is 12.6. The largest absolute Gasteiger partial charge is 0.397 e. The molecular weight excluding hydrogens is 287 g/mol. The summed E-state index contributed by atoms with van der Waals surface area (Å²) >= 11 is 3.21. The number of carbonyl (C=O) groups excluding carboxylic acids is 1. The molecule has 1 heterocycles. The molecule has 3 nitrogen and oxygen atoms in total. The summed E-state index contributed by atoms with van der Waals surface area (Å²) in [6.45, 7) is 0.420. The number of benzene rings is 1. The van der Waals surface area contributed by atoms with Gasteiger partial charge in [0.05, 0.1) is 11.4 Å². The van der Waals surface area contributed by atoms with Gasteiger partial charge in [-0.1, -0.05) is 0 Å². The minimum Gasteiger partial charge on any atom is -0.397 e. The van der Waals surface area contributed by atoms with Gasteiger partial charge in [-0.3, -0.25) is 4.79 Å². The first-order valence-electron chi connectivity index (χ1n) is 5.04. The van der Waals surface area contributed by atoms with E-state index < -0.39 is 5.82 Å². The maximum atomic E-state index is 13.1. The van der Waals surface area contributed by atoms with E-state index in [1.165, 1.54) is 17.0 Å². The fraction of sp³-hybridized carbons (Fsp3) is 0.250. The van der Waals surface area contributed by atoms with Gasteiger partial charge >= 0.3 is 0 Å². The van der Waals surface area contributed by atoms with Crippen LogP contribution in [0.1, 0.15) is 6.42 Å². The Bertz CT molecular complexity index is 501. The number of carbonyl (C=O) groups is 1. The predicted octanol–water partition coefficient (Wildman–Crippen LogP) is 2.16. The maximum Gasteiger partial charge on any atom is 0.228 e. The van der Waals surface area contributed by atoms with Crippen LogP contribution in [0.5, 0.6) is 0 Å². The van der Waals surface area contributed by atoms with Crippen LogP contribution in [0.15, 0.2) is 16.6 Å². The number of hydrogen-bond donors (Lipinski definition) is 1. The van der Waals surface area contributed by atoms with Gasteiger partial charge in [-0.15, -0.1) is 12.3 Å². The van der Waals surface area contributed by atoms with Crippen molar-refractivity contribution in [2.24, 2.45) is 5.92 Å². The lowest BCUT2D eigenvalue weighted by molar-refractivity contribution is -0.117. The normalized spacial score (nSPS) is 19.5. The van der Waals surface area contributed by atoms with Gasteiger partial charge < -0.3 is 10.6 Å². The first kappa shape index (κ1) is 11.9. The summed E-state index contributed by atoms with van der Waals surface area (Å²) in [5.74, 6) is 1.90. The zero-order valence-electron chi connectivity index (χ0n) is 8.91. The average Bonchev–Trinajstić information content (AvgIpc) is 2.59. The molecule has 17 heavy (non-hydrogen) atoms. The predicted molar refractivity (Wildman–Crippen MR) is 67.8 cm³/mol. The summed E-state index contributed by atoms with van der Waals surface area (Å²) in [5.41, 5.74) is 6.46. The van der Waals surface area contributed by atoms with Gasteiger partial charge in [-0.25, -0.2) is 4.39 Å². The smallest absolute Gasteiger partial charge is 0.228 e. The number of nitrogen functional groups attached to an aromatic ring is 1. The van der Waals surface area contributed by atoms with Gasteiger partial charge in [0.1, 0.15) is 5.82 Å². The number of rotatable bonds is 1. The van der Waals surface area contributed by atoms with E-state index in [1.54, 1.807) is 0 Å². The van der Waals surface area contributed by atoms with Crippen molar-refractivity contribution in [1.82, 2.24) is 0 Å². The van der Waals surface area contributed by atoms with Crippen molar-refractivity contribution in [3.63, 3.8) is 0 Å². The van der Waals surface area contributed by atoms with Crippen LogP contribution in [-0.2, 0) is 4.79 Å². The Kier molecular flexibility index (Phi) is 3.07. The zero-order valence-corrected chi connectivity index (χ0v) is 10.5. The highest BCUT2D eigenvalue weighted by Crippen LogP contribution is 2.36. The maximum absolute atomic E-state index is 13.1. The minimum atomic E-state index is -0.446. The van der Waals surface area contributed by atoms with Crippen LogP contribution >= 0.6 is 15.9 Å². The van der Waals surface area contributed by atoms with Crippen molar-refractivity contribution in [2.75, 3.05) is 17.2 Å². The number of anilines is 2. The van der Waals surface area contributed by atoms with E-state index in [0.29, 0.717) is 23.1 Å². The summed E-state index contributed by atoms with van der Waals surface area (Å²) in [5, 5.41) is 0. The molecule has 0 saturated carbocycles. The molecule has 1 amide bonds. The molecule has 1 unspecified atom stereocenters. The number of terminal acetylenes is 1. The van der Waals surface area contributed by atoms with E-state index in [1.807, 2.05) is 0 Å². The van der Waals surface area contributed by atoms with E-state index in [9.17, 15) is 9.18 Å². The van der Waals surface area contributed by atoms with Crippen molar-refractivity contribution >= 4 is 33.2 Å². The van der Waals surface area contributed by atoms with Crippen LogP contribution in [0.3, 0.4) is 0 Å². The fourth-order valence-electron chi connectivity index (χ4n) is 1.91. The van der Waals surface area contributed by atoms with Gasteiger partial charge in [0.2, 0.25) is 5.91 Å². The monoisotopic (exact) mass is 296 g/mol. The van der Waals surface area contributed by atoms with Gasteiger partial charge in [-0.05, 0) is 28.1 Å². The number of nitrogens with two attached hydrogens (primary N) is 1. The molecule has 1 saturated heterocycles. The Morgan fingerprint density at radius 1 is 1.59 bits per heavy atom. The van der Waals surface area contributed by atoms with Crippen molar-refractivity contribution in [3.8, 4) is 12.3 Å². The van der Waals surface area contributed by atoms with Gasteiger partial charge in [0.15, 0.2) is 0 Å². The number of halogens is 2. The molecule has 0 bridgehead atoms. The van der Waals surface area contributed by atoms with Crippen LogP contribution in [0.25, 0.3) is 0 Å². The third-order valence-corrected chi connectivity index (χ3v) is 3.29. The number of amides is 1. The molecule has 1 aromatic rings. The standard InChI is InChI=1S/C12H10BrFN2O/c1-2-7-3-11(17)16(6-7)12-9(13)4-8(14)5-10(12)15/h1,4-5,7H,3,6,15H2. The second-order valence-corrected chi connectivity index (χ2v) is 4.75. The minimum absolute atomic E-state index is 0.0908. The summed E-state index contributed by atoms with van der Waals surface area (Å²) in [6, 6.07) is 2.47. The van der Waals surface area contributed by atoms with E-state index in [-0.39, 0.29) is 17.5 Å². The van der Waals surface area contributed by atoms with Crippen LogP contribution in [0.4, 0.5) is 15.8 Å². The number of hydrogen-bond acceptors (Lipinski definition) is 2.